The van der Waals surface area contributed by atoms with Crippen molar-refractivity contribution in [1.29, 1.82) is 0 Å². The number of aromatic nitrogens is 1. The lowest BCUT2D eigenvalue weighted by atomic mass is 10.3. The SMILES string of the molecule is Cc1ccc(OCC(N)C(=O)O)nc1. The van der Waals surface area contributed by atoms with Gasteiger partial charge in [-0.15, -0.1) is 0 Å². The molecule has 0 fully saturated rings. The number of hydrogen-bond acceptors (Lipinski definition) is 4. The van der Waals surface area contributed by atoms with Crippen LogP contribution in [0, 0.1) is 6.92 Å². The minimum Gasteiger partial charge on any atom is -0.480 e. The molecule has 5 nitrogen and oxygen atoms in total. The van der Waals surface area contributed by atoms with Crippen LogP contribution in [0.15, 0.2) is 18.3 Å². The molecule has 5 heteroatoms. The minimum absolute atomic E-state index is 0.0780. The predicted molar refractivity (Wildman–Crippen MR) is 50.1 cm³/mol. The quantitative estimate of drug-likeness (QED) is 0.717. The van der Waals surface area contributed by atoms with Crippen LogP contribution in [0.1, 0.15) is 5.56 Å². The van der Waals surface area contributed by atoms with Crippen LogP contribution in [-0.4, -0.2) is 28.7 Å². The number of carboxylic acids is 1. The molecule has 0 spiro atoms. The second kappa shape index (κ2) is 4.57. The normalized spacial score (nSPS) is 12.1. The van der Waals surface area contributed by atoms with Crippen LogP contribution in [-0.2, 0) is 4.79 Å². The van der Waals surface area contributed by atoms with Crippen molar-refractivity contribution in [2.45, 2.75) is 13.0 Å². The monoisotopic (exact) mass is 196 g/mol. The Morgan fingerprint density at radius 2 is 2.43 bits per heavy atom. The van der Waals surface area contributed by atoms with E-state index in [1.807, 2.05) is 13.0 Å². The summed E-state index contributed by atoms with van der Waals surface area (Å²) in [6.45, 7) is 1.82. The Labute approximate surface area is 81.5 Å². The Kier molecular flexibility index (Phi) is 3.41. The lowest BCUT2D eigenvalue weighted by Crippen LogP contribution is -2.36. The minimum atomic E-state index is -1.09. The number of aryl methyl sites for hydroxylation is 1. The van der Waals surface area contributed by atoms with Crippen LogP contribution in [0.5, 0.6) is 5.88 Å². The summed E-state index contributed by atoms with van der Waals surface area (Å²) in [7, 11) is 0. The molecule has 1 heterocycles. The van der Waals surface area contributed by atoms with E-state index in [0.29, 0.717) is 5.88 Å². The summed E-state index contributed by atoms with van der Waals surface area (Å²) in [5.41, 5.74) is 6.26. The van der Waals surface area contributed by atoms with Crippen molar-refractivity contribution in [3.8, 4) is 5.88 Å². The molecule has 0 aliphatic heterocycles. The highest BCUT2D eigenvalue weighted by molar-refractivity contribution is 5.73. The number of pyridine rings is 1. The number of hydrogen-bond donors (Lipinski definition) is 2. The van der Waals surface area contributed by atoms with Gasteiger partial charge in [0, 0.05) is 12.3 Å². The van der Waals surface area contributed by atoms with E-state index in [2.05, 4.69) is 4.98 Å². The van der Waals surface area contributed by atoms with E-state index < -0.39 is 12.0 Å². The second-order valence-corrected chi connectivity index (χ2v) is 2.93. The fraction of sp³-hybridized carbons (Fsp3) is 0.333. The Morgan fingerprint density at radius 3 is 2.93 bits per heavy atom. The highest BCUT2D eigenvalue weighted by Gasteiger charge is 2.11. The summed E-state index contributed by atoms with van der Waals surface area (Å²) in [6, 6.07) is 2.48. The third-order valence-electron chi connectivity index (χ3n) is 1.61. The highest BCUT2D eigenvalue weighted by atomic mass is 16.5. The van der Waals surface area contributed by atoms with Crippen LogP contribution in [0.25, 0.3) is 0 Å². The molecule has 0 aliphatic rings. The van der Waals surface area contributed by atoms with Crippen molar-refractivity contribution in [1.82, 2.24) is 4.98 Å². The molecule has 1 atom stereocenters. The molecule has 1 rings (SSSR count). The number of ether oxygens (including phenoxy) is 1. The van der Waals surface area contributed by atoms with E-state index in [4.69, 9.17) is 15.6 Å². The van der Waals surface area contributed by atoms with Gasteiger partial charge in [-0.3, -0.25) is 4.79 Å². The maximum atomic E-state index is 10.3. The molecule has 1 aromatic heterocycles. The van der Waals surface area contributed by atoms with Crippen LogP contribution in [0.3, 0.4) is 0 Å². The maximum absolute atomic E-state index is 10.3. The van der Waals surface area contributed by atoms with Gasteiger partial charge in [0.15, 0.2) is 0 Å². The van der Waals surface area contributed by atoms with Gasteiger partial charge in [0.25, 0.3) is 0 Å². The average molecular weight is 196 g/mol. The Balaban J connectivity index is 2.46. The second-order valence-electron chi connectivity index (χ2n) is 2.93. The van der Waals surface area contributed by atoms with Crippen LogP contribution in [0.4, 0.5) is 0 Å². The van der Waals surface area contributed by atoms with E-state index in [-0.39, 0.29) is 6.61 Å². The Bertz CT molecular complexity index is 310. The molecule has 0 bridgehead atoms. The number of carbonyl (C=O) groups is 1. The molecule has 0 amide bonds. The van der Waals surface area contributed by atoms with Gasteiger partial charge < -0.3 is 15.6 Å². The number of carboxylic acid groups (broad SMARTS) is 1. The summed E-state index contributed by atoms with van der Waals surface area (Å²) >= 11 is 0. The molecule has 1 unspecified atom stereocenters. The Hall–Kier alpha value is -1.62. The molecule has 0 saturated heterocycles. The van der Waals surface area contributed by atoms with Crippen LogP contribution >= 0.6 is 0 Å². The fourth-order valence-corrected chi connectivity index (χ4v) is 0.786. The standard InChI is InChI=1S/C9H12N2O3/c1-6-2-3-8(11-4-6)14-5-7(10)9(12)13/h2-4,7H,5,10H2,1H3,(H,12,13). The van der Waals surface area contributed by atoms with Crippen molar-refractivity contribution >= 4 is 5.97 Å². The molecule has 0 saturated carbocycles. The highest BCUT2D eigenvalue weighted by Crippen LogP contribution is 2.06. The first-order valence-electron chi connectivity index (χ1n) is 4.13. The largest absolute Gasteiger partial charge is 0.480 e. The fourth-order valence-electron chi connectivity index (χ4n) is 0.786. The first-order chi connectivity index (χ1) is 6.59. The number of aliphatic carboxylic acids is 1. The van der Waals surface area contributed by atoms with Gasteiger partial charge >= 0.3 is 5.97 Å². The molecule has 3 N–H and O–H groups in total. The molecule has 0 radical (unpaired) electrons. The van der Waals surface area contributed by atoms with E-state index in [9.17, 15) is 4.79 Å². The van der Waals surface area contributed by atoms with Gasteiger partial charge in [-0.05, 0) is 12.5 Å². The third-order valence-corrected chi connectivity index (χ3v) is 1.61. The zero-order chi connectivity index (χ0) is 10.6. The van der Waals surface area contributed by atoms with Gasteiger partial charge in [-0.1, -0.05) is 6.07 Å². The zero-order valence-electron chi connectivity index (χ0n) is 7.80. The van der Waals surface area contributed by atoms with Crippen LogP contribution < -0.4 is 10.5 Å². The van der Waals surface area contributed by atoms with Crippen molar-refractivity contribution in [3.63, 3.8) is 0 Å². The van der Waals surface area contributed by atoms with E-state index in [0.717, 1.165) is 5.56 Å². The molecule has 1 aromatic rings. The summed E-state index contributed by atoms with van der Waals surface area (Å²) in [5, 5.41) is 8.48. The number of nitrogens with zero attached hydrogens (tertiary/aromatic N) is 1. The first kappa shape index (κ1) is 10.5. The lowest BCUT2D eigenvalue weighted by molar-refractivity contribution is -0.139. The smallest absolute Gasteiger partial charge is 0.324 e. The molecule has 0 aliphatic carbocycles. The molecule has 76 valence electrons. The molecule has 0 aromatic carbocycles. The number of rotatable bonds is 4. The summed E-state index contributed by atoms with van der Waals surface area (Å²) < 4.78 is 5.07. The maximum Gasteiger partial charge on any atom is 0.324 e. The average Bonchev–Trinajstić information content (AvgIpc) is 2.16. The molecule has 14 heavy (non-hydrogen) atoms. The van der Waals surface area contributed by atoms with Gasteiger partial charge in [-0.2, -0.15) is 0 Å². The van der Waals surface area contributed by atoms with Gasteiger partial charge in [0.05, 0.1) is 0 Å². The summed E-state index contributed by atoms with van der Waals surface area (Å²) in [5.74, 6) is -0.704. The zero-order valence-corrected chi connectivity index (χ0v) is 7.80. The topological polar surface area (TPSA) is 85.4 Å². The van der Waals surface area contributed by atoms with Gasteiger partial charge in [-0.25, -0.2) is 4.98 Å². The van der Waals surface area contributed by atoms with Crippen molar-refractivity contribution < 1.29 is 14.6 Å². The number of nitrogens with two attached hydrogens (primary N) is 1. The van der Waals surface area contributed by atoms with Crippen LogP contribution in [0.2, 0.25) is 0 Å². The third kappa shape index (κ3) is 3.02. The molecular formula is C9H12N2O3. The molecular weight excluding hydrogens is 184 g/mol. The summed E-state index contributed by atoms with van der Waals surface area (Å²) in [6.07, 6.45) is 1.64. The van der Waals surface area contributed by atoms with E-state index in [1.54, 1.807) is 12.3 Å². The van der Waals surface area contributed by atoms with E-state index >= 15 is 0 Å². The van der Waals surface area contributed by atoms with Crippen molar-refractivity contribution in [3.05, 3.63) is 23.9 Å². The lowest BCUT2D eigenvalue weighted by Gasteiger charge is -2.07. The van der Waals surface area contributed by atoms with Gasteiger partial charge in [0.2, 0.25) is 5.88 Å². The Morgan fingerprint density at radius 1 is 1.71 bits per heavy atom. The van der Waals surface area contributed by atoms with Crippen molar-refractivity contribution in [2.75, 3.05) is 6.61 Å². The first-order valence-corrected chi connectivity index (χ1v) is 4.13. The summed E-state index contributed by atoms with van der Waals surface area (Å²) in [4.78, 5) is 14.3. The van der Waals surface area contributed by atoms with Crippen molar-refractivity contribution in [2.24, 2.45) is 5.73 Å². The van der Waals surface area contributed by atoms with Gasteiger partial charge in [0.1, 0.15) is 12.6 Å². The predicted octanol–water partition coefficient (Wildman–Crippen LogP) is 0.181. The van der Waals surface area contributed by atoms with E-state index in [1.165, 1.54) is 0 Å².